The van der Waals surface area contributed by atoms with Crippen molar-refractivity contribution in [3.63, 3.8) is 0 Å². The highest BCUT2D eigenvalue weighted by Crippen LogP contribution is 2.22. The molecule has 3 aromatic rings. The third kappa shape index (κ3) is 3.80. The van der Waals surface area contributed by atoms with Crippen LogP contribution in [-0.4, -0.2) is 24.5 Å². The van der Waals surface area contributed by atoms with E-state index < -0.39 is 25.9 Å². The van der Waals surface area contributed by atoms with Gasteiger partial charge in [-0.25, -0.2) is 8.42 Å². The number of amides is 1. The lowest BCUT2D eigenvalue weighted by atomic mass is 10.1. The minimum atomic E-state index is -3.98. The van der Waals surface area contributed by atoms with Gasteiger partial charge < -0.3 is 5.32 Å². The molecule has 0 fully saturated rings. The van der Waals surface area contributed by atoms with Crippen LogP contribution in [0.2, 0.25) is 0 Å². The Hall–Kier alpha value is -3.26. The lowest BCUT2D eigenvalue weighted by Crippen LogP contribution is -2.32. The Bertz CT molecular complexity index is 1120. The predicted octanol–water partition coefficient (Wildman–Crippen LogP) is 3.55. The van der Waals surface area contributed by atoms with Crippen LogP contribution in [0.5, 0.6) is 0 Å². The maximum absolute atomic E-state index is 12.6. The molecular weight excluding hydrogens is 368 g/mol. The van der Waals surface area contributed by atoms with Gasteiger partial charge in [-0.3, -0.25) is 14.9 Å². The number of nitro benzene ring substituents is 1. The molecule has 27 heavy (non-hydrogen) atoms. The standard InChI is InChI=1S/C19H16N2O5S/c1-13(27(25,26)18-10-8-17(9-11-18)21(23)24)19(22)20-16-7-6-14-4-2-3-5-15(14)12-16/h2-13H,1H3,(H,20,22)/t13-/m1/s1. The number of nitrogens with zero attached hydrogens (tertiary/aromatic N) is 1. The molecule has 8 heteroatoms. The number of fused-ring (bicyclic) bond motifs is 1. The van der Waals surface area contributed by atoms with Crippen molar-refractivity contribution in [2.75, 3.05) is 5.32 Å². The van der Waals surface area contributed by atoms with Gasteiger partial charge in [0, 0.05) is 17.8 Å². The summed E-state index contributed by atoms with van der Waals surface area (Å²) < 4.78 is 25.3. The predicted molar refractivity (Wildman–Crippen MR) is 102 cm³/mol. The van der Waals surface area contributed by atoms with E-state index in [1.165, 1.54) is 6.92 Å². The minimum Gasteiger partial charge on any atom is -0.325 e. The van der Waals surface area contributed by atoms with Gasteiger partial charge in [0.15, 0.2) is 9.84 Å². The highest BCUT2D eigenvalue weighted by molar-refractivity contribution is 7.92. The van der Waals surface area contributed by atoms with Gasteiger partial charge in [-0.05, 0) is 42.0 Å². The molecule has 0 spiro atoms. The van der Waals surface area contributed by atoms with E-state index in [4.69, 9.17) is 0 Å². The van der Waals surface area contributed by atoms with E-state index >= 15 is 0 Å². The maximum atomic E-state index is 12.6. The molecule has 0 saturated heterocycles. The second-order valence-corrected chi connectivity index (χ2v) is 8.26. The largest absolute Gasteiger partial charge is 0.325 e. The van der Waals surface area contributed by atoms with Crippen LogP contribution in [0.25, 0.3) is 10.8 Å². The lowest BCUT2D eigenvalue weighted by Gasteiger charge is -2.14. The summed E-state index contributed by atoms with van der Waals surface area (Å²) >= 11 is 0. The quantitative estimate of drug-likeness (QED) is 0.535. The molecule has 1 amide bonds. The molecule has 0 heterocycles. The van der Waals surface area contributed by atoms with Crippen molar-refractivity contribution in [2.24, 2.45) is 0 Å². The molecule has 0 bridgehead atoms. The molecule has 1 atom stereocenters. The fourth-order valence-corrected chi connectivity index (χ4v) is 3.88. The minimum absolute atomic E-state index is 0.144. The first-order chi connectivity index (χ1) is 12.8. The molecule has 7 nitrogen and oxygen atoms in total. The van der Waals surface area contributed by atoms with Crippen LogP contribution in [0.15, 0.2) is 71.6 Å². The molecule has 0 aliphatic rings. The average molecular weight is 384 g/mol. The zero-order valence-corrected chi connectivity index (χ0v) is 15.1. The van der Waals surface area contributed by atoms with Crippen molar-refractivity contribution in [1.82, 2.24) is 0 Å². The fourth-order valence-electron chi connectivity index (χ4n) is 2.61. The molecule has 0 saturated carbocycles. The van der Waals surface area contributed by atoms with Crippen LogP contribution < -0.4 is 5.32 Å². The van der Waals surface area contributed by atoms with Gasteiger partial charge in [0.05, 0.1) is 9.82 Å². The number of carbonyl (C=O) groups excluding carboxylic acids is 1. The number of non-ortho nitro benzene ring substituents is 1. The van der Waals surface area contributed by atoms with E-state index in [0.29, 0.717) is 5.69 Å². The molecule has 0 unspecified atom stereocenters. The third-order valence-corrected chi connectivity index (χ3v) is 6.30. The second-order valence-electron chi connectivity index (χ2n) is 5.99. The Morgan fingerprint density at radius 2 is 1.63 bits per heavy atom. The zero-order chi connectivity index (χ0) is 19.6. The molecule has 0 aromatic heterocycles. The maximum Gasteiger partial charge on any atom is 0.269 e. The smallest absolute Gasteiger partial charge is 0.269 e. The second kappa shape index (κ2) is 7.16. The summed E-state index contributed by atoms with van der Waals surface area (Å²) in [4.78, 5) is 22.4. The number of hydrogen-bond donors (Lipinski definition) is 1. The summed E-state index contributed by atoms with van der Waals surface area (Å²) in [5.41, 5.74) is 0.270. The number of rotatable bonds is 5. The van der Waals surface area contributed by atoms with Crippen molar-refractivity contribution < 1.29 is 18.1 Å². The van der Waals surface area contributed by atoms with Crippen LogP contribution >= 0.6 is 0 Å². The normalized spacial score (nSPS) is 12.5. The number of hydrogen-bond acceptors (Lipinski definition) is 5. The number of sulfone groups is 1. The topological polar surface area (TPSA) is 106 Å². The SMILES string of the molecule is C[C@H](C(=O)Nc1ccc2ccccc2c1)S(=O)(=O)c1ccc([N+](=O)[O-])cc1. The van der Waals surface area contributed by atoms with Gasteiger partial charge in [-0.15, -0.1) is 0 Å². The Morgan fingerprint density at radius 1 is 1.00 bits per heavy atom. The lowest BCUT2D eigenvalue weighted by molar-refractivity contribution is -0.384. The summed E-state index contributed by atoms with van der Waals surface area (Å²) in [5.74, 6) is -0.677. The highest BCUT2D eigenvalue weighted by Gasteiger charge is 2.30. The number of carbonyl (C=O) groups is 1. The number of nitro groups is 1. The van der Waals surface area contributed by atoms with E-state index in [1.807, 2.05) is 30.3 Å². The number of benzene rings is 3. The number of nitrogens with one attached hydrogen (secondary N) is 1. The van der Waals surface area contributed by atoms with Crippen molar-refractivity contribution in [1.29, 1.82) is 0 Å². The Morgan fingerprint density at radius 3 is 2.26 bits per heavy atom. The summed E-state index contributed by atoms with van der Waals surface area (Å²) in [6.45, 7) is 1.28. The van der Waals surface area contributed by atoms with Crippen LogP contribution in [0, 0.1) is 10.1 Å². The van der Waals surface area contributed by atoms with Crippen molar-refractivity contribution >= 4 is 37.9 Å². The first-order valence-electron chi connectivity index (χ1n) is 8.07. The zero-order valence-electron chi connectivity index (χ0n) is 14.3. The van der Waals surface area contributed by atoms with E-state index in [2.05, 4.69) is 5.32 Å². The summed E-state index contributed by atoms with van der Waals surface area (Å²) in [6, 6.07) is 17.4. The van der Waals surface area contributed by atoms with Crippen molar-refractivity contribution in [2.45, 2.75) is 17.1 Å². The molecule has 0 aliphatic carbocycles. The molecule has 0 radical (unpaired) electrons. The van der Waals surface area contributed by atoms with Gasteiger partial charge in [0.1, 0.15) is 5.25 Å². The van der Waals surface area contributed by atoms with E-state index in [9.17, 15) is 23.3 Å². The monoisotopic (exact) mass is 384 g/mol. The van der Waals surface area contributed by atoms with Crippen LogP contribution in [0.1, 0.15) is 6.92 Å². The van der Waals surface area contributed by atoms with Gasteiger partial charge in [-0.1, -0.05) is 30.3 Å². The summed E-state index contributed by atoms with van der Waals surface area (Å²) in [5, 5.41) is 13.9. The number of anilines is 1. The first-order valence-corrected chi connectivity index (χ1v) is 9.62. The van der Waals surface area contributed by atoms with E-state index in [0.717, 1.165) is 35.0 Å². The highest BCUT2D eigenvalue weighted by atomic mass is 32.2. The van der Waals surface area contributed by atoms with Gasteiger partial charge in [-0.2, -0.15) is 0 Å². The van der Waals surface area contributed by atoms with Gasteiger partial charge >= 0.3 is 0 Å². The third-order valence-electron chi connectivity index (χ3n) is 4.23. The first kappa shape index (κ1) is 18.5. The van der Waals surface area contributed by atoms with Crippen LogP contribution in [0.4, 0.5) is 11.4 Å². The van der Waals surface area contributed by atoms with E-state index in [-0.39, 0.29) is 10.6 Å². The van der Waals surface area contributed by atoms with Crippen molar-refractivity contribution in [3.05, 3.63) is 76.8 Å². The van der Waals surface area contributed by atoms with Crippen LogP contribution in [0.3, 0.4) is 0 Å². The van der Waals surface area contributed by atoms with Gasteiger partial charge in [0.25, 0.3) is 5.69 Å². The molecular formula is C19H16N2O5S. The Balaban J connectivity index is 1.81. The molecule has 1 N–H and O–H groups in total. The average Bonchev–Trinajstić information content (AvgIpc) is 2.67. The summed E-state index contributed by atoms with van der Waals surface area (Å²) in [6.07, 6.45) is 0. The molecule has 138 valence electrons. The molecule has 3 rings (SSSR count). The van der Waals surface area contributed by atoms with Crippen molar-refractivity contribution in [3.8, 4) is 0 Å². The molecule has 0 aliphatic heterocycles. The Labute approximate surface area is 155 Å². The van der Waals surface area contributed by atoms with E-state index in [1.54, 1.807) is 12.1 Å². The van der Waals surface area contributed by atoms with Gasteiger partial charge in [0.2, 0.25) is 5.91 Å². The Kier molecular flexibility index (Phi) is 4.91. The fraction of sp³-hybridized carbons (Fsp3) is 0.105. The summed E-state index contributed by atoms with van der Waals surface area (Å²) in [7, 11) is -3.98. The van der Waals surface area contributed by atoms with Crippen LogP contribution in [-0.2, 0) is 14.6 Å². The molecule has 3 aromatic carbocycles.